The number of primary amides is 1. The fourth-order valence-corrected chi connectivity index (χ4v) is 2.29. The minimum absolute atomic E-state index is 0.0581. The van der Waals surface area contributed by atoms with Crippen LogP contribution in [0.15, 0.2) is 18.3 Å². The van der Waals surface area contributed by atoms with Gasteiger partial charge < -0.3 is 15.7 Å². The molecule has 0 aromatic carbocycles. The third-order valence-corrected chi connectivity index (χ3v) is 3.30. The highest BCUT2D eigenvalue weighted by Gasteiger charge is 2.18. The molecule has 1 aromatic rings. The first kappa shape index (κ1) is 14.3. The van der Waals surface area contributed by atoms with Crippen molar-refractivity contribution in [2.75, 3.05) is 37.6 Å². The van der Waals surface area contributed by atoms with E-state index >= 15 is 0 Å². The lowest BCUT2D eigenvalue weighted by molar-refractivity contribution is -0.138. The Morgan fingerprint density at radius 3 is 2.80 bits per heavy atom. The van der Waals surface area contributed by atoms with Crippen LogP contribution in [0, 0.1) is 0 Å². The van der Waals surface area contributed by atoms with Crippen molar-refractivity contribution in [3.8, 4) is 0 Å². The number of carboxylic acids is 1. The number of aliphatic carboxylic acids is 1. The Labute approximate surface area is 117 Å². The molecule has 2 heterocycles. The summed E-state index contributed by atoms with van der Waals surface area (Å²) in [4.78, 5) is 30.1. The van der Waals surface area contributed by atoms with E-state index in [4.69, 9.17) is 10.8 Å². The maximum atomic E-state index is 11.2. The second-order valence-electron chi connectivity index (χ2n) is 4.78. The smallest absolute Gasteiger partial charge is 0.317 e. The van der Waals surface area contributed by atoms with E-state index in [1.165, 1.54) is 0 Å². The van der Waals surface area contributed by atoms with Crippen molar-refractivity contribution >= 4 is 17.7 Å². The third kappa shape index (κ3) is 3.67. The Bertz CT molecular complexity index is 506. The lowest BCUT2D eigenvalue weighted by Gasteiger charge is -2.22. The van der Waals surface area contributed by atoms with Gasteiger partial charge in [0.1, 0.15) is 5.82 Å². The molecule has 0 bridgehead atoms. The summed E-state index contributed by atoms with van der Waals surface area (Å²) in [5.74, 6) is -0.582. The lowest BCUT2D eigenvalue weighted by atomic mass is 10.2. The number of amides is 1. The first-order valence-corrected chi connectivity index (χ1v) is 6.51. The number of nitrogens with two attached hydrogens (primary N) is 1. The molecule has 1 fully saturated rings. The zero-order chi connectivity index (χ0) is 14.5. The number of anilines is 1. The molecule has 1 saturated heterocycles. The van der Waals surface area contributed by atoms with Crippen molar-refractivity contribution in [2.45, 2.75) is 6.42 Å². The normalized spacial score (nSPS) is 16.7. The fraction of sp³-hybridized carbons (Fsp3) is 0.462. The number of pyridine rings is 1. The van der Waals surface area contributed by atoms with Crippen molar-refractivity contribution in [1.82, 2.24) is 9.88 Å². The summed E-state index contributed by atoms with van der Waals surface area (Å²) in [6.07, 6.45) is 2.42. The van der Waals surface area contributed by atoms with Crippen LogP contribution in [-0.2, 0) is 4.79 Å². The van der Waals surface area contributed by atoms with Crippen LogP contribution in [0.3, 0.4) is 0 Å². The molecule has 7 heteroatoms. The van der Waals surface area contributed by atoms with Crippen molar-refractivity contribution in [3.05, 3.63) is 23.9 Å². The van der Waals surface area contributed by atoms with Crippen molar-refractivity contribution in [3.63, 3.8) is 0 Å². The van der Waals surface area contributed by atoms with Crippen LogP contribution in [0.4, 0.5) is 5.82 Å². The molecule has 1 aliphatic heterocycles. The van der Waals surface area contributed by atoms with Gasteiger partial charge in [-0.25, -0.2) is 4.98 Å². The largest absolute Gasteiger partial charge is 0.480 e. The van der Waals surface area contributed by atoms with Gasteiger partial charge in [0.25, 0.3) is 0 Å². The molecule has 7 nitrogen and oxygen atoms in total. The average Bonchev–Trinajstić information content (AvgIpc) is 2.64. The molecule has 108 valence electrons. The number of nitrogens with zero attached hydrogens (tertiary/aromatic N) is 3. The Balaban J connectivity index is 2.04. The molecular formula is C13H18N4O3. The molecule has 0 aliphatic carbocycles. The van der Waals surface area contributed by atoms with Gasteiger partial charge >= 0.3 is 5.97 Å². The number of aromatic nitrogens is 1. The van der Waals surface area contributed by atoms with E-state index in [2.05, 4.69) is 4.98 Å². The van der Waals surface area contributed by atoms with E-state index in [-0.39, 0.29) is 6.54 Å². The van der Waals surface area contributed by atoms with Crippen LogP contribution in [-0.4, -0.2) is 59.6 Å². The molecular weight excluding hydrogens is 260 g/mol. The van der Waals surface area contributed by atoms with E-state index in [1.807, 2.05) is 9.80 Å². The number of hydrogen-bond acceptors (Lipinski definition) is 5. The van der Waals surface area contributed by atoms with E-state index in [1.54, 1.807) is 18.3 Å². The SMILES string of the molecule is NC(=O)c1ccnc(N2CCCN(CC(=O)O)CC2)c1. The lowest BCUT2D eigenvalue weighted by Crippen LogP contribution is -2.34. The van der Waals surface area contributed by atoms with E-state index in [0.717, 1.165) is 19.5 Å². The van der Waals surface area contributed by atoms with Gasteiger partial charge in [-0.1, -0.05) is 0 Å². The first-order valence-electron chi connectivity index (χ1n) is 6.51. The minimum Gasteiger partial charge on any atom is -0.480 e. The number of carbonyl (C=O) groups is 2. The van der Waals surface area contributed by atoms with Crippen LogP contribution in [0.5, 0.6) is 0 Å². The predicted molar refractivity (Wildman–Crippen MR) is 73.7 cm³/mol. The van der Waals surface area contributed by atoms with Gasteiger partial charge in [0.2, 0.25) is 5.91 Å². The summed E-state index contributed by atoms with van der Waals surface area (Å²) in [7, 11) is 0. The molecule has 0 radical (unpaired) electrons. The highest BCUT2D eigenvalue weighted by atomic mass is 16.4. The monoisotopic (exact) mass is 278 g/mol. The maximum Gasteiger partial charge on any atom is 0.317 e. The average molecular weight is 278 g/mol. The fourth-order valence-electron chi connectivity index (χ4n) is 2.29. The molecule has 1 aliphatic rings. The van der Waals surface area contributed by atoms with Crippen LogP contribution in [0.25, 0.3) is 0 Å². The van der Waals surface area contributed by atoms with Gasteiger partial charge in [0, 0.05) is 37.9 Å². The van der Waals surface area contributed by atoms with Crippen molar-refractivity contribution in [1.29, 1.82) is 0 Å². The zero-order valence-corrected chi connectivity index (χ0v) is 11.2. The topological polar surface area (TPSA) is 99.8 Å². The Kier molecular flexibility index (Phi) is 4.52. The highest BCUT2D eigenvalue weighted by molar-refractivity contribution is 5.93. The number of carbonyl (C=O) groups excluding carboxylic acids is 1. The summed E-state index contributed by atoms with van der Waals surface area (Å²) in [6.45, 7) is 2.93. The van der Waals surface area contributed by atoms with E-state index in [0.29, 0.717) is 24.5 Å². The Hall–Kier alpha value is -2.15. The standard InChI is InChI=1S/C13H18N4O3/c14-13(20)10-2-3-15-11(8-10)17-5-1-4-16(6-7-17)9-12(18)19/h2-3,8H,1,4-7,9H2,(H2,14,20)(H,18,19). The van der Waals surface area contributed by atoms with Crippen LogP contribution >= 0.6 is 0 Å². The van der Waals surface area contributed by atoms with Gasteiger partial charge in [-0.05, 0) is 18.6 Å². The van der Waals surface area contributed by atoms with Gasteiger partial charge in [0.15, 0.2) is 0 Å². The number of hydrogen-bond donors (Lipinski definition) is 2. The number of rotatable bonds is 4. The molecule has 0 saturated carbocycles. The molecule has 20 heavy (non-hydrogen) atoms. The van der Waals surface area contributed by atoms with Gasteiger partial charge in [-0.15, -0.1) is 0 Å². The summed E-state index contributed by atoms with van der Waals surface area (Å²) in [5.41, 5.74) is 5.69. The van der Waals surface area contributed by atoms with E-state index in [9.17, 15) is 9.59 Å². The van der Waals surface area contributed by atoms with Gasteiger partial charge in [0.05, 0.1) is 6.54 Å². The molecule has 2 rings (SSSR count). The summed E-state index contributed by atoms with van der Waals surface area (Å²) < 4.78 is 0. The predicted octanol–water partition coefficient (Wildman–Crippen LogP) is -0.223. The molecule has 0 unspecified atom stereocenters. The summed E-state index contributed by atoms with van der Waals surface area (Å²) >= 11 is 0. The van der Waals surface area contributed by atoms with E-state index < -0.39 is 11.9 Å². The van der Waals surface area contributed by atoms with Crippen LogP contribution in [0.1, 0.15) is 16.8 Å². The third-order valence-electron chi connectivity index (χ3n) is 3.30. The van der Waals surface area contributed by atoms with Gasteiger partial charge in [-0.2, -0.15) is 0 Å². The highest BCUT2D eigenvalue weighted by Crippen LogP contribution is 2.15. The van der Waals surface area contributed by atoms with Gasteiger partial charge in [-0.3, -0.25) is 14.5 Å². The molecule has 0 atom stereocenters. The minimum atomic E-state index is -0.813. The molecule has 1 amide bonds. The molecule has 1 aromatic heterocycles. The zero-order valence-electron chi connectivity index (χ0n) is 11.2. The first-order chi connectivity index (χ1) is 9.56. The van der Waals surface area contributed by atoms with Crippen molar-refractivity contribution < 1.29 is 14.7 Å². The Morgan fingerprint density at radius 2 is 2.10 bits per heavy atom. The second-order valence-corrected chi connectivity index (χ2v) is 4.78. The summed E-state index contributed by atoms with van der Waals surface area (Å²) in [6, 6.07) is 3.26. The van der Waals surface area contributed by atoms with Crippen LogP contribution < -0.4 is 10.6 Å². The summed E-state index contributed by atoms with van der Waals surface area (Å²) in [5, 5.41) is 8.82. The number of carboxylic acid groups (broad SMARTS) is 1. The molecule has 3 N–H and O–H groups in total. The van der Waals surface area contributed by atoms with Crippen LogP contribution in [0.2, 0.25) is 0 Å². The maximum absolute atomic E-state index is 11.2. The Morgan fingerprint density at radius 1 is 1.30 bits per heavy atom. The quantitative estimate of drug-likeness (QED) is 0.789. The van der Waals surface area contributed by atoms with Crippen molar-refractivity contribution in [2.24, 2.45) is 5.73 Å². The second kappa shape index (κ2) is 6.33. The molecule has 0 spiro atoms.